The topological polar surface area (TPSA) is 79.5 Å². The van der Waals surface area contributed by atoms with E-state index in [-0.39, 0.29) is 24.5 Å². The van der Waals surface area contributed by atoms with Crippen LogP contribution in [0.2, 0.25) is 0 Å². The van der Waals surface area contributed by atoms with Crippen LogP contribution in [0.5, 0.6) is 0 Å². The maximum atomic E-state index is 12.0. The Balaban J connectivity index is 1.78. The molecule has 24 heavy (non-hydrogen) atoms. The van der Waals surface area contributed by atoms with E-state index >= 15 is 0 Å². The lowest BCUT2D eigenvalue weighted by molar-refractivity contribution is -0.123. The van der Waals surface area contributed by atoms with Crippen LogP contribution in [0.3, 0.4) is 0 Å². The van der Waals surface area contributed by atoms with E-state index in [4.69, 9.17) is 4.74 Å². The summed E-state index contributed by atoms with van der Waals surface area (Å²) in [6.45, 7) is 7.12. The minimum Gasteiger partial charge on any atom is -0.376 e. The number of rotatable bonds is 6. The van der Waals surface area contributed by atoms with Crippen LogP contribution >= 0.6 is 0 Å². The molecule has 0 aliphatic carbocycles. The molecule has 1 aliphatic heterocycles. The molecular formula is C18H27N3O3. The highest BCUT2D eigenvalue weighted by molar-refractivity contribution is 5.95. The lowest BCUT2D eigenvalue weighted by Crippen LogP contribution is -2.35. The normalized spacial score (nSPS) is 17.4. The summed E-state index contributed by atoms with van der Waals surface area (Å²) >= 11 is 0. The third-order valence-electron chi connectivity index (χ3n) is 3.81. The van der Waals surface area contributed by atoms with Gasteiger partial charge in [-0.25, -0.2) is 0 Å². The first-order valence-corrected chi connectivity index (χ1v) is 8.38. The summed E-state index contributed by atoms with van der Waals surface area (Å²) in [5, 5.41) is 8.81. The summed E-state index contributed by atoms with van der Waals surface area (Å²) in [5.74, 6) is -0.122. The van der Waals surface area contributed by atoms with Crippen molar-refractivity contribution in [3.8, 4) is 0 Å². The predicted octanol–water partition coefficient (Wildman–Crippen LogP) is 2.38. The van der Waals surface area contributed by atoms with Crippen LogP contribution in [0.15, 0.2) is 24.3 Å². The molecule has 0 saturated carbocycles. The van der Waals surface area contributed by atoms with Crippen LogP contribution in [0, 0.1) is 5.41 Å². The Morgan fingerprint density at radius 3 is 2.67 bits per heavy atom. The van der Waals surface area contributed by atoms with Crippen LogP contribution in [0.1, 0.15) is 33.6 Å². The minimum atomic E-state index is -0.453. The van der Waals surface area contributed by atoms with Crippen molar-refractivity contribution in [1.82, 2.24) is 5.32 Å². The van der Waals surface area contributed by atoms with E-state index in [9.17, 15) is 9.59 Å². The summed E-state index contributed by atoms with van der Waals surface area (Å²) in [7, 11) is 0. The number of amides is 2. The number of benzene rings is 1. The van der Waals surface area contributed by atoms with Gasteiger partial charge in [0.25, 0.3) is 0 Å². The van der Waals surface area contributed by atoms with Crippen molar-refractivity contribution in [2.75, 3.05) is 30.3 Å². The fourth-order valence-electron chi connectivity index (χ4n) is 2.30. The van der Waals surface area contributed by atoms with Gasteiger partial charge < -0.3 is 20.7 Å². The molecule has 132 valence electrons. The molecule has 1 unspecified atom stereocenters. The zero-order chi connectivity index (χ0) is 17.6. The summed E-state index contributed by atoms with van der Waals surface area (Å²) in [6.07, 6.45) is 2.21. The summed E-state index contributed by atoms with van der Waals surface area (Å²) in [6, 6.07) is 7.34. The summed E-state index contributed by atoms with van der Waals surface area (Å²) < 4.78 is 5.47. The lowest BCUT2D eigenvalue weighted by Gasteiger charge is -2.18. The zero-order valence-corrected chi connectivity index (χ0v) is 14.6. The number of ether oxygens (including phenoxy) is 1. The Labute approximate surface area is 143 Å². The number of hydrogen-bond acceptors (Lipinski definition) is 4. The highest BCUT2D eigenvalue weighted by atomic mass is 16.5. The largest absolute Gasteiger partial charge is 0.376 e. The molecule has 6 nitrogen and oxygen atoms in total. The molecule has 1 aromatic carbocycles. The molecule has 6 heteroatoms. The Morgan fingerprint density at radius 2 is 2.00 bits per heavy atom. The van der Waals surface area contributed by atoms with Gasteiger partial charge >= 0.3 is 0 Å². The molecule has 1 atom stereocenters. The minimum absolute atomic E-state index is 0.0473. The number of hydrogen-bond donors (Lipinski definition) is 3. The first kappa shape index (κ1) is 18.3. The SMILES string of the molecule is CC(C)(C)C(=O)Nc1cccc(NCC(=O)NCC2CCCO2)c1. The van der Waals surface area contributed by atoms with Gasteiger partial charge in [0.15, 0.2) is 0 Å². The molecule has 1 fully saturated rings. The molecule has 0 aromatic heterocycles. The second-order valence-corrected chi connectivity index (χ2v) is 7.08. The molecule has 1 aliphatic rings. The average Bonchev–Trinajstić information content (AvgIpc) is 3.04. The van der Waals surface area contributed by atoms with E-state index in [1.165, 1.54) is 0 Å². The summed E-state index contributed by atoms with van der Waals surface area (Å²) in [5.41, 5.74) is 1.04. The Kier molecular flexibility index (Phi) is 6.20. The van der Waals surface area contributed by atoms with Crippen molar-refractivity contribution < 1.29 is 14.3 Å². The number of nitrogens with one attached hydrogen (secondary N) is 3. The van der Waals surface area contributed by atoms with Crippen LogP contribution in [-0.4, -0.2) is 37.6 Å². The molecule has 2 rings (SSSR count). The van der Waals surface area contributed by atoms with Gasteiger partial charge in [0.05, 0.1) is 12.6 Å². The average molecular weight is 333 g/mol. The molecule has 1 heterocycles. The van der Waals surface area contributed by atoms with Gasteiger partial charge in [-0.1, -0.05) is 26.8 Å². The molecule has 1 saturated heterocycles. The van der Waals surface area contributed by atoms with Crippen molar-refractivity contribution in [1.29, 1.82) is 0 Å². The van der Waals surface area contributed by atoms with Crippen molar-refractivity contribution in [2.24, 2.45) is 5.41 Å². The molecule has 1 aromatic rings. The van der Waals surface area contributed by atoms with Crippen molar-refractivity contribution in [3.63, 3.8) is 0 Å². The van der Waals surface area contributed by atoms with Crippen molar-refractivity contribution in [2.45, 2.75) is 39.7 Å². The fraction of sp³-hybridized carbons (Fsp3) is 0.556. The Hall–Kier alpha value is -2.08. The van der Waals surface area contributed by atoms with E-state index in [1.54, 1.807) is 0 Å². The molecule has 2 amide bonds. The van der Waals surface area contributed by atoms with Gasteiger partial charge in [0.2, 0.25) is 11.8 Å². The lowest BCUT2D eigenvalue weighted by atomic mass is 9.95. The van der Waals surface area contributed by atoms with Crippen molar-refractivity contribution >= 4 is 23.2 Å². The van der Waals surface area contributed by atoms with E-state index in [1.807, 2.05) is 45.0 Å². The molecule has 3 N–H and O–H groups in total. The van der Waals surface area contributed by atoms with Crippen LogP contribution in [0.25, 0.3) is 0 Å². The molecule has 0 spiro atoms. The van der Waals surface area contributed by atoms with Gasteiger partial charge in [-0.2, -0.15) is 0 Å². The highest BCUT2D eigenvalue weighted by Crippen LogP contribution is 2.19. The first-order chi connectivity index (χ1) is 11.3. The van der Waals surface area contributed by atoms with E-state index < -0.39 is 5.41 Å². The van der Waals surface area contributed by atoms with E-state index in [0.29, 0.717) is 12.2 Å². The second kappa shape index (κ2) is 8.15. The van der Waals surface area contributed by atoms with E-state index in [0.717, 1.165) is 25.1 Å². The smallest absolute Gasteiger partial charge is 0.239 e. The predicted molar refractivity (Wildman–Crippen MR) is 95.0 cm³/mol. The third kappa shape index (κ3) is 5.85. The molecule has 0 radical (unpaired) electrons. The fourth-order valence-corrected chi connectivity index (χ4v) is 2.30. The quantitative estimate of drug-likeness (QED) is 0.747. The maximum Gasteiger partial charge on any atom is 0.239 e. The van der Waals surface area contributed by atoms with Crippen LogP contribution < -0.4 is 16.0 Å². The molecule has 0 bridgehead atoms. The van der Waals surface area contributed by atoms with Crippen LogP contribution in [-0.2, 0) is 14.3 Å². The number of carbonyl (C=O) groups is 2. The second-order valence-electron chi connectivity index (χ2n) is 7.08. The monoisotopic (exact) mass is 333 g/mol. The highest BCUT2D eigenvalue weighted by Gasteiger charge is 2.21. The van der Waals surface area contributed by atoms with Crippen LogP contribution in [0.4, 0.5) is 11.4 Å². The van der Waals surface area contributed by atoms with Gasteiger partial charge in [0.1, 0.15) is 0 Å². The Bertz CT molecular complexity index is 575. The van der Waals surface area contributed by atoms with Gasteiger partial charge in [-0.15, -0.1) is 0 Å². The standard InChI is InChI=1S/C18H27N3O3/c1-18(2,3)17(23)21-14-7-4-6-13(10-14)19-12-16(22)20-11-15-8-5-9-24-15/h4,6-7,10,15,19H,5,8-9,11-12H2,1-3H3,(H,20,22)(H,21,23). The maximum absolute atomic E-state index is 12.0. The van der Waals surface area contributed by atoms with Gasteiger partial charge in [0, 0.05) is 29.9 Å². The summed E-state index contributed by atoms with van der Waals surface area (Å²) in [4.78, 5) is 23.9. The van der Waals surface area contributed by atoms with Gasteiger partial charge in [-0.3, -0.25) is 9.59 Å². The number of carbonyl (C=O) groups excluding carboxylic acids is 2. The number of anilines is 2. The Morgan fingerprint density at radius 1 is 1.25 bits per heavy atom. The van der Waals surface area contributed by atoms with E-state index in [2.05, 4.69) is 16.0 Å². The zero-order valence-electron chi connectivity index (χ0n) is 14.6. The first-order valence-electron chi connectivity index (χ1n) is 8.38. The third-order valence-corrected chi connectivity index (χ3v) is 3.81. The molecular weight excluding hydrogens is 306 g/mol. The van der Waals surface area contributed by atoms with Gasteiger partial charge in [-0.05, 0) is 31.0 Å². The van der Waals surface area contributed by atoms with Crippen molar-refractivity contribution in [3.05, 3.63) is 24.3 Å².